The summed E-state index contributed by atoms with van der Waals surface area (Å²) in [6.07, 6.45) is 7.98. The van der Waals surface area contributed by atoms with Gasteiger partial charge in [0.1, 0.15) is 23.4 Å². The van der Waals surface area contributed by atoms with Crippen molar-refractivity contribution in [1.82, 2.24) is 44.9 Å². The number of likely N-dealkylation sites (N-methyl/N-ethyl adjacent to an activating group) is 1. The minimum Gasteiger partial charge on any atom is -0.491 e. The van der Waals surface area contributed by atoms with Crippen molar-refractivity contribution in [3.05, 3.63) is 42.9 Å². The number of piperazine rings is 1. The molecule has 5 aromatic rings. The summed E-state index contributed by atoms with van der Waals surface area (Å²) in [6.45, 7) is 7.79. The van der Waals surface area contributed by atoms with Gasteiger partial charge in [0.15, 0.2) is 17.3 Å². The second-order valence-electron chi connectivity index (χ2n) is 10.4. The van der Waals surface area contributed by atoms with E-state index in [1.54, 1.807) is 6.20 Å². The molecule has 200 valence electrons. The summed E-state index contributed by atoms with van der Waals surface area (Å²) in [4.78, 5) is 29.5. The highest BCUT2D eigenvalue weighted by atomic mass is 16.5. The highest BCUT2D eigenvalue weighted by molar-refractivity contribution is 5.94. The molecular weight excluding hydrogens is 492 g/mol. The topological polar surface area (TPSA) is 115 Å². The number of hydrogen-bond donors (Lipinski definition) is 2. The Labute approximate surface area is 226 Å². The molecule has 2 aliphatic rings. The number of aromatic nitrogens is 7. The third-order valence-electron chi connectivity index (χ3n) is 7.70. The van der Waals surface area contributed by atoms with Crippen LogP contribution in [0.5, 0.6) is 5.75 Å². The Bertz CT molecular complexity index is 1600. The highest BCUT2D eigenvalue weighted by Crippen LogP contribution is 2.31. The van der Waals surface area contributed by atoms with Crippen molar-refractivity contribution < 1.29 is 4.74 Å². The smallest absolute Gasteiger partial charge is 0.161 e. The predicted octanol–water partition coefficient (Wildman–Crippen LogP) is 3.18. The molecule has 39 heavy (non-hydrogen) atoms. The lowest BCUT2D eigenvalue weighted by atomic mass is 10.1. The Morgan fingerprint density at radius 2 is 1.79 bits per heavy atom. The van der Waals surface area contributed by atoms with Crippen molar-refractivity contribution in [2.75, 3.05) is 64.4 Å². The van der Waals surface area contributed by atoms with Crippen molar-refractivity contribution in [2.45, 2.75) is 12.8 Å². The summed E-state index contributed by atoms with van der Waals surface area (Å²) >= 11 is 0. The monoisotopic (exact) mass is 524 g/mol. The van der Waals surface area contributed by atoms with E-state index in [2.05, 4.69) is 46.9 Å². The molecule has 0 spiro atoms. The fourth-order valence-corrected chi connectivity index (χ4v) is 5.44. The van der Waals surface area contributed by atoms with Crippen LogP contribution >= 0.6 is 0 Å². The standard InChI is InChI=1S/C28H32N10O/c1-36-10-12-38(13-11-36)28-25-22(6-7-30-28)32-27(33-25)26-24-23(34-35-26)5-4-21(31-24)19-16-20(18-29-17-19)39-15-14-37-8-2-3-9-37/h4-7,16-18H,2-3,8-15H2,1H3,(H,32,33)(H,34,35). The van der Waals surface area contributed by atoms with Gasteiger partial charge in [-0.05, 0) is 57.2 Å². The number of imidazole rings is 1. The minimum absolute atomic E-state index is 0.653. The van der Waals surface area contributed by atoms with E-state index in [4.69, 9.17) is 14.7 Å². The van der Waals surface area contributed by atoms with Crippen molar-refractivity contribution in [1.29, 1.82) is 0 Å². The van der Waals surface area contributed by atoms with E-state index >= 15 is 0 Å². The molecule has 0 aromatic carbocycles. The van der Waals surface area contributed by atoms with E-state index in [-0.39, 0.29) is 0 Å². The Kier molecular flexibility index (Phi) is 6.29. The number of ether oxygens (including phenoxy) is 1. The normalized spacial score (nSPS) is 17.0. The molecule has 7 rings (SSSR count). The summed E-state index contributed by atoms with van der Waals surface area (Å²) in [5.74, 6) is 2.33. The number of rotatable bonds is 7. The molecule has 11 nitrogen and oxygen atoms in total. The molecule has 7 heterocycles. The second-order valence-corrected chi connectivity index (χ2v) is 10.4. The van der Waals surface area contributed by atoms with Gasteiger partial charge in [-0.1, -0.05) is 0 Å². The Hall–Kier alpha value is -4.09. The lowest BCUT2D eigenvalue weighted by molar-refractivity contribution is 0.237. The molecule has 0 unspecified atom stereocenters. The number of pyridine rings is 3. The van der Waals surface area contributed by atoms with Crippen LogP contribution in [-0.2, 0) is 0 Å². The van der Waals surface area contributed by atoms with Crippen molar-refractivity contribution in [3.8, 4) is 28.5 Å². The first-order valence-electron chi connectivity index (χ1n) is 13.7. The number of anilines is 1. The van der Waals surface area contributed by atoms with Crippen LogP contribution in [0, 0.1) is 0 Å². The third-order valence-corrected chi connectivity index (χ3v) is 7.70. The Balaban J connectivity index is 1.17. The highest BCUT2D eigenvalue weighted by Gasteiger charge is 2.21. The van der Waals surface area contributed by atoms with E-state index < -0.39 is 0 Å². The third kappa shape index (κ3) is 4.79. The second kappa shape index (κ2) is 10.2. The van der Waals surface area contributed by atoms with Crippen LogP contribution in [0.1, 0.15) is 12.8 Å². The molecular formula is C28H32N10O. The summed E-state index contributed by atoms with van der Waals surface area (Å²) < 4.78 is 6.02. The zero-order chi connectivity index (χ0) is 26.2. The van der Waals surface area contributed by atoms with Gasteiger partial charge in [0, 0.05) is 50.7 Å². The van der Waals surface area contributed by atoms with E-state index in [1.807, 2.05) is 36.7 Å². The molecule has 0 atom stereocenters. The first-order chi connectivity index (χ1) is 19.2. The van der Waals surface area contributed by atoms with Gasteiger partial charge >= 0.3 is 0 Å². The Morgan fingerprint density at radius 3 is 2.67 bits per heavy atom. The van der Waals surface area contributed by atoms with Crippen LogP contribution in [-0.4, -0.2) is 104 Å². The lowest BCUT2D eigenvalue weighted by Gasteiger charge is -2.33. The van der Waals surface area contributed by atoms with Crippen molar-refractivity contribution >= 4 is 27.9 Å². The van der Waals surface area contributed by atoms with E-state index in [1.165, 1.54) is 12.8 Å². The van der Waals surface area contributed by atoms with Gasteiger partial charge in [-0.3, -0.25) is 15.0 Å². The number of fused-ring (bicyclic) bond motifs is 2. The fourth-order valence-electron chi connectivity index (χ4n) is 5.44. The zero-order valence-electron chi connectivity index (χ0n) is 22.1. The first-order valence-corrected chi connectivity index (χ1v) is 13.7. The molecule has 2 N–H and O–H groups in total. The van der Waals surface area contributed by atoms with Gasteiger partial charge in [0.05, 0.1) is 22.9 Å². The van der Waals surface area contributed by atoms with Gasteiger partial charge in [0.2, 0.25) is 0 Å². The zero-order valence-corrected chi connectivity index (χ0v) is 22.1. The van der Waals surface area contributed by atoms with Crippen molar-refractivity contribution in [3.63, 3.8) is 0 Å². The largest absolute Gasteiger partial charge is 0.491 e. The number of hydrogen-bond acceptors (Lipinski definition) is 9. The van der Waals surface area contributed by atoms with Crippen LogP contribution < -0.4 is 9.64 Å². The number of H-pyrrole nitrogens is 2. The predicted molar refractivity (Wildman–Crippen MR) is 151 cm³/mol. The summed E-state index contributed by atoms with van der Waals surface area (Å²) in [5, 5.41) is 7.69. The number of aromatic amines is 2. The molecule has 0 saturated carbocycles. The maximum atomic E-state index is 6.02. The van der Waals surface area contributed by atoms with Crippen LogP contribution in [0.4, 0.5) is 5.82 Å². The number of nitrogens with one attached hydrogen (secondary N) is 2. The number of nitrogens with zero attached hydrogens (tertiary/aromatic N) is 8. The molecule has 0 radical (unpaired) electrons. The van der Waals surface area contributed by atoms with Gasteiger partial charge in [0.25, 0.3) is 0 Å². The van der Waals surface area contributed by atoms with Gasteiger partial charge in [-0.15, -0.1) is 0 Å². The number of likely N-dealkylation sites (tertiary alicyclic amines) is 1. The molecule has 0 amide bonds. The summed E-state index contributed by atoms with van der Waals surface area (Å²) in [5.41, 5.74) is 5.76. The quantitative estimate of drug-likeness (QED) is 0.331. The lowest BCUT2D eigenvalue weighted by Crippen LogP contribution is -2.44. The van der Waals surface area contributed by atoms with Gasteiger partial charge in [-0.25, -0.2) is 15.0 Å². The molecule has 2 fully saturated rings. The average molecular weight is 525 g/mol. The van der Waals surface area contributed by atoms with Crippen LogP contribution in [0.2, 0.25) is 0 Å². The van der Waals surface area contributed by atoms with Gasteiger partial charge < -0.3 is 19.5 Å². The molecule has 2 aliphatic heterocycles. The molecule has 11 heteroatoms. The van der Waals surface area contributed by atoms with E-state index in [0.717, 1.165) is 90.7 Å². The molecule has 5 aromatic heterocycles. The first kappa shape index (κ1) is 24.0. The van der Waals surface area contributed by atoms with Gasteiger partial charge in [-0.2, -0.15) is 5.10 Å². The Morgan fingerprint density at radius 1 is 0.923 bits per heavy atom. The van der Waals surface area contributed by atoms with Crippen LogP contribution in [0.25, 0.3) is 44.8 Å². The average Bonchev–Trinajstić information content (AvgIpc) is 3.73. The van der Waals surface area contributed by atoms with Crippen LogP contribution in [0.15, 0.2) is 42.9 Å². The molecule has 0 aliphatic carbocycles. The maximum Gasteiger partial charge on any atom is 0.161 e. The molecule has 0 bridgehead atoms. The van der Waals surface area contributed by atoms with E-state index in [9.17, 15) is 0 Å². The molecule has 2 saturated heterocycles. The van der Waals surface area contributed by atoms with E-state index in [0.29, 0.717) is 18.1 Å². The minimum atomic E-state index is 0.653. The summed E-state index contributed by atoms with van der Waals surface area (Å²) in [7, 11) is 2.15. The maximum absolute atomic E-state index is 6.02. The van der Waals surface area contributed by atoms with Crippen LogP contribution in [0.3, 0.4) is 0 Å². The SMILES string of the molecule is CN1CCN(c2nccc3[nH]c(-c4n[nH]c5ccc(-c6cncc(OCCN7CCCC7)c6)nc45)nc23)CC1. The summed E-state index contributed by atoms with van der Waals surface area (Å²) in [6, 6.07) is 7.93. The fraction of sp³-hybridized carbons (Fsp3) is 0.393. The van der Waals surface area contributed by atoms with Crippen molar-refractivity contribution in [2.24, 2.45) is 0 Å².